The van der Waals surface area contributed by atoms with E-state index in [9.17, 15) is 19.7 Å². The van der Waals surface area contributed by atoms with Crippen LogP contribution in [0.3, 0.4) is 0 Å². The Morgan fingerprint density at radius 2 is 2.13 bits per heavy atom. The Balaban J connectivity index is 1.95. The highest BCUT2D eigenvalue weighted by molar-refractivity contribution is 9.10. The number of anilines is 1. The highest BCUT2D eigenvalue weighted by atomic mass is 79.9. The number of nitrogens with one attached hydrogen (secondary N) is 1. The predicted octanol–water partition coefficient (Wildman–Crippen LogP) is 3.69. The van der Waals surface area contributed by atoms with Crippen LogP contribution in [0.15, 0.2) is 22.7 Å². The Morgan fingerprint density at radius 1 is 1.43 bits per heavy atom. The van der Waals surface area contributed by atoms with Gasteiger partial charge in [0.1, 0.15) is 11.2 Å². The van der Waals surface area contributed by atoms with Gasteiger partial charge < -0.3 is 5.32 Å². The summed E-state index contributed by atoms with van der Waals surface area (Å²) in [5.74, 6) is -0.138. The maximum Gasteiger partial charge on any atom is 0.271 e. The molecule has 1 aromatic rings. The van der Waals surface area contributed by atoms with Crippen molar-refractivity contribution >= 4 is 39.0 Å². The van der Waals surface area contributed by atoms with E-state index in [2.05, 4.69) is 21.2 Å². The van der Waals surface area contributed by atoms with Crippen molar-refractivity contribution in [3.63, 3.8) is 0 Å². The van der Waals surface area contributed by atoms with Gasteiger partial charge in [-0.05, 0) is 46.2 Å². The van der Waals surface area contributed by atoms with Crippen molar-refractivity contribution in [2.45, 2.75) is 33.1 Å². The monoisotopic (exact) mass is 380 g/mol. The number of fused-ring (bicyclic) bond motifs is 2. The predicted molar refractivity (Wildman–Crippen MR) is 88.0 cm³/mol. The van der Waals surface area contributed by atoms with E-state index in [1.807, 2.05) is 13.8 Å². The molecule has 6 nitrogen and oxygen atoms in total. The van der Waals surface area contributed by atoms with Crippen LogP contribution in [0.25, 0.3) is 0 Å². The summed E-state index contributed by atoms with van der Waals surface area (Å²) in [5.41, 5.74) is -1.21. The molecule has 7 heteroatoms. The fourth-order valence-corrected chi connectivity index (χ4v) is 4.51. The van der Waals surface area contributed by atoms with Crippen LogP contribution in [0.5, 0.6) is 0 Å². The number of hydrogen-bond acceptors (Lipinski definition) is 4. The Hall–Kier alpha value is -1.76. The summed E-state index contributed by atoms with van der Waals surface area (Å²) < 4.78 is 0.547. The normalized spacial score (nSPS) is 28.0. The SMILES string of the molecule is CC1(C)C2CCC1(C(=O)Nc1cc([N+](=O)[O-])ccc1Br)C(=O)C2. The zero-order chi connectivity index (χ0) is 17.0. The first-order valence-electron chi connectivity index (χ1n) is 7.49. The van der Waals surface area contributed by atoms with Gasteiger partial charge in [-0.25, -0.2) is 0 Å². The number of carbonyl (C=O) groups is 2. The highest BCUT2D eigenvalue weighted by Crippen LogP contribution is 2.64. The fourth-order valence-electron chi connectivity index (χ4n) is 4.16. The fraction of sp³-hybridized carbons (Fsp3) is 0.500. The number of Topliss-reactive ketones (excluding diaryl/α,β-unsaturated/α-hetero) is 1. The van der Waals surface area contributed by atoms with Gasteiger partial charge in [0.15, 0.2) is 0 Å². The molecule has 3 rings (SSSR count). The van der Waals surface area contributed by atoms with Gasteiger partial charge in [-0.15, -0.1) is 0 Å². The average Bonchev–Trinajstić information content (AvgIpc) is 2.84. The highest BCUT2D eigenvalue weighted by Gasteiger charge is 2.68. The minimum absolute atomic E-state index is 0.0159. The number of nitrogens with zero attached hydrogens (tertiary/aromatic N) is 1. The lowest BCUT2D eigenvalue weighted by molar-refractivity contribution is -0.384. The quantitative estimate of drug-likeness (QED) is 0.491. The van der Waals surface area contributed by atoms with Crippen LogP contribution >= 0.6 is 15.9 Å². The first kappa shape index (κ1) is 16.1. The van der Waals surface area contributed by atoms with Crippen LogP contribution in [0.2, 0.25) is 0 Å². The molecular weight excluding hydrogens is 364 g/mol. The molecule has 1 N–H and O–H groups in total. The van der Waals surface area contributed by atoms with Gasteiger partial charge in [0.25, 0.3) is 5.69 Å². The number of amides is 1. The second kappa shape index (κ2) is 5.12. The van der Waals surface area contributed by atoms with E-state index in [1.165, 1.54) is 18.2 Å². The molecule has 23 heavy (non-hydrogen) atoms. The molecule has 2 atom stereocenters. The summed E-state index contributed by atoms with van der Waals surface area (Å²) in [7, 11) is 0. The lowest BCUT2D eigenvalue weighted by atomic mass is 9.68. The zero-order valence-corrected chi connectivity index (χ0v) is 14.5. The molecule has 2 aliphatic carbocycles. The number of hydrogen-bond donors (Lipinski definition) is 1. The Kier molecular flexibility index (Phi) is 3.59. The number of benzene rings is 1. The number of halogens is 1. The summed E-state index contributed by atoms with van der Waals surface area (Å²) in [4.78, 5) is 35.8. The minimum Gasteiger partial charge on any atom is -0.324 e. The van der Waals surface area contributed by atoms with E-state index in [-0.39, 0.29) is 28.7 Å². The van der Waals surface area contributed by atoms with Crippen LogP contribution in [-0.4, -0.2) is 16.6 Å². The van der Waals surface area contributed by atoms with Crippen molar-refractivity contribution in [1.29, 1.82) is 0 Å². The van der Waals surface area contributed by atoms with Gasteiger partial charge in [0, 0.05) is 23.0 Å². The third-order valence-electron chi connectivity index (χ3n) is 5.69. The Morgan fingerprint density at radius 3 is 2.65 bits per heavy atom. The van der Waals surface area contributed by atoms with Crippen LogP contribution < -0.4 is 5.32 Å². The van der Waals surface area contributed by atoms with Crippen molar-refractivity contribution in [3.8, 4) is 0 Å². The van der Waals surface area contributed by atoms with Crippen molar-refractivity contribution in [2.24, 2.45) is 16.7 Å². The van der Waals surface area contributed by atoms with E-state index >= 15 is 0 Å². The lowest BCUT2D eigenvalue weighted by Gasteiger charge is -2.34. The summed E-state index contributed by atoms with van der Waals surface area (Å²) >= 11 is 3.29. The van der Waals surface area contributed by atoms with E-state index in [0.717, 1.165) is 6.42 Å². The third kappa shape index (κ3) is 2.13. The van der Waals surface area contributed by atoms with E-state index in [0.29, 0.717) is 23.0 Å². The Labute approximate surface area is 141 Å². The molecule has 0 heterocycles. The maximum atomic E-state index is 12.9. The number of nitro groups is 1. The largest absolute Gasteiger partial charge is 0.324 e. The molecule has 0 radical (unpaired) electrons. The molecule has 0 aliphatic heterocycles. The number of ketones is 1. The molecule has 2 saturated carbocycles. The topological polar surface area (TPSA) is 89.3 Å². The van der Waals surface area contributed by atoms with Gasteiger partial charge in [-0.2, -0.15) is 0 Å². The molecule has 1 aromatic carbocycles. The number of non-ortho nitro benzene ring substituents is 1. The van der Waals surface area contributed by atoms with E-state index in [4.69, 9.17) is 0 Å². The number of carbonyl (C=O) groups excluding carboxylic acids is 2. The molecule has 2 aliphatic rings. The second-order valence-electron chi connectivity index (χ2n) is 6.87. The molecule has 2 unspecified atom stereocenters. The van der Waals surface area contributed by atoms with Gasteiger partial charge >= 0.3 is 0 Å². The van der Waals surface area contributed by atoms with Crippen molar-refractivity contribution in [1.82, 2.24) is 0 Å². The summed E-state index contributed by atoms with van der Waals surface area (Å²) in [5, 5.41) is 13.7. The van der Waals surface area contributed by atoms with Gasteiger partial charge in [-0.3, -0.25) is 19.7 Å². The van der Waals surface area contributed by atoms with Crippen LogP contribution in [-0.2, 0) is 9.59 Å². The Bertz CT molecular complexity index is 731. The van der Waals surface area contributed by atoms with E-state index in [1.54, 1.807) is 0 Å². The van der Waals surface area contributed by atoms with Crippen molar-refractivity contribution < 1.29 is 14.5 Å². The maximum absolute atomic E-state index is 12.9. The van der Waals surface area contributed by atoms with Gasteiger partial charge in [0.05, 0.1) is 10.6 Å². The lowest BCUT2D eigenvalue weighted by Crippen LogP contribution is -2.46. The third-order valence-corrected chi connectivity index (χ3v) is 6.38. The summed E-state index contributed by atoms with van der Waals surface area (Å²) in [6.45, 7) is 3.94. The minimum atomic E-state index is -1.03. The molecule has 0 spiro atoms. The van der Waals surface area contributed by atoms with E-state index < -0.39 is 10.3 Å². The summed E-state index contributed by atoms with van der Waals surface area (Å²) in [6, 6.07) is 4.18. The van der Waals surface area contributed by atoms with Gasteiger partial charge in [-0.1, -0.05) is 13.8 Å². The first-order valence-corrected chi connectivity index (χ1v) is 8.28. The number of nitro benzene ring substituents is 1. The summed E-state index contributed by atoms with van der Waals surface area (Å²) in [6.07, 6.45) is 1.85. The molecule has 0 aromatic heterocycles. The molecule has 122 valence electrons. The molecule has 1 amide bonds. The molecule has 2 fully saturated rings. The average molecular weight is 381 g/mol. The van der Waals surface area contributed by atoms with Gasteiger partial charge in [0.2, 0.25) is 5.91 Å². The zero-order valence-electron chi connectivity index (χ0n) is 12.9. The van der Waals surface area contributed by atoms with Crippen molar-refractivity contribution in [2.75, 3.05) is 5.32 Å². The molecule has 0 saturated heterocycles. The van der Waals surface area contributed by atoms with Crippen LogP contribution in [0.4, 0.5) is 11.4 Å². The molecular formula is C16H17BrN2O4. The molecule has 2 bridgehead atoms. The standard InChI is InChI=1S/C16H17BrN2O4/c1-15(2)9-5-6-16(15,13(20)7-9)14(21)18-12-8-10(19(22)23)3-4-11(12)17/h3-4,8-9H,5-7H2,1-2H3,(H,18,21). The smallest absolute Gasteiger partial charge is 0.271 e. The van der Waals surface area contributed by atoms with Crippen molar-refractivity contribution in [3.05, 3.63) is 32.8 Å². The second-order valence-corrected chi connectivity index (χ2v) is 7.72. The van der Waals surface area contributed by atoms with Crippen LogP contribution in [0, 0.1) is 26.9 Å². The first-order chi connectivity index (χ1) is 10.7. The number of rotatable bonds is 3. The van der Waals surface area contributed by atoms with Crippen LogP contribution in [0.1, 0.15) is 33.1 Å².